The zero-order chi connectivity index (χ0) is 20.9. The molecule has 1 saturated carbocycles. The van der Waals surface area contributed by atoms with Gasteiger partial charge in [0.25, 0.3) is 0 Å². The molecule has 0 bridgehead atoms. The van der Waals surface area contributed by atoms with E-state index < -0.39 is 33.8 Å². The smallest absolute Gasteiger partial charge is 0.327 e. The van der Waals surface area contributed by atoms with Gasteiger partial charge in [0.2, 0.25) is 10.0 Å². The van der Waals surface area contributed by atoms with E-state index in [2.05, 4.69) is 4.99 Å². The highest BCUT2D eigenvalue weighted by molar-refractivity contribution is 7.89. The maximum absolute atomic E-state index is 13.4. The summed E-state index contributed by atoms with van der Waals surface area (Å²) >= 11 is 5.73. The molecule has 2 rings (SSSR count). The van der Waals surface area contributed by atoms with Crippen molar-refractivity contribution in [2.24, 2.45) is 10.9 Å². The van der Waals surface area contributed by atoms with Gasteiger partial charge in [-0.3, -0.25) is 9.79 Å². The number of nitrogens with zero attached hydrogens (tertiary/aromatic N) is 2. The normalized spacial score (nSPS) is 21.7. The monoisotopic (exact) mass is 431 g/mol. The minimum absolute atomic E-state index is 0.124. The van der Waals surface area contributed by atoms with Crippen molar-refractivity contribution in [3.8, 4) is 0 Å². The van der Waals surface area contributed by atoms with Crippen molar-refractivity contribution in [2.45, 2.75) is 37.1 Å². The van der Waals surface area contributed by atoms with Crippen LogP contribution in [0.1, 0.15) is 26.2 Å². The van der Waals surface area contributed by atoms with Gasteiger partial charge >= 0.3 is 5.97 Å². The van der Waals surface area contributed by atoms with Crippen LogP contribution < -0.4 is 0 Å². The van der Waals surface area contributed by atoms with Crippen LogP contribution in [0.5, 0.6) is 0 Å². The summed E-state index contributed by atoms with van der Waals surface area (Å²) in [5.74, 6) is -1.73. The molecular weight excluding hydrogens is 409 g/mol. The first-order valence-corrected chi connectivity index (χ1v) is 10.7. The molecule has 2 atom stereocenters. The van der Waals surface area contributed by atoms with E-state index in [1.165, 1.54) is 11.4 Å². The number of ether oxygens (including phenoxy) is 1. The van der Waals surface area contributed by atoms with Crippen molar-refractivity contribution in [3.63, 3.8) is 0 Å². The number of aliphatic imine (C=N–C) groups is 1. The maximum Gasteiger partial charge on any atom is 0.327 e. The Morgan fingerprint density at radius 2 is 2.21 bits per heavy atom. The lowest BCUT2D eigenvalue weighted by molar-refractivity contribution is -0.141. The van der Waals surface area contributed by atoms with Crippen LogP contribution in [0.25, 0.3) is 0 Å². The van der Waals surface area contributed by atoms with Gasteiger partial charge in [0.1, 0.15) is 12.4 Å². The molecule has 0 aliphatic heterocycles. The zero-order valence-corrected chi connectivity index (χ0v) is 17.3. The molecule has 0 aromatic heterocycles. The standard InChI is InChI=1S/C18H23ClFN3O4S/c1-3-27-18(24)11-22-16-5-4-6-17(13(16)10-21)23(2)28(25,26)12-7-8-15(20)14(19)9-12/h7-10,13,17,21H,3-6,11H2,1-2H3. The van der Waals surface area contributed by atoms with Crippen molar-refractivity contribution in [1.29, 1.82) is 5.41 Å². The molecule has 1 aromatic carbocycles. The first-order valence-electron chi connectivity index (χ1n) is 8.84. The summed E-state index contributed by atoms with van der Waals surface area (Å²) < 4.78 is 45.4. The predicted molar refractivity (Wildman–Crippen MR) is 105 cm³/mol. The van der Waals surface area contributed by atoms with Gasteiger partial charge < -0.3 is 10.1 Å². The predicted octanol–water partition coefficient (Wildman–Crippen LogP) is 2.92. The highest BCUT2D eigenvalue weighted by Crippen LogP contribution is 2.30. The quantitative estimate of drug-likeness (QED) is 0.529. The van der Waals surface area contributed by atoms with E-state index in [4.69, 9.17) is 21.7 Å². The molecule has 0 radical (unpaired) electrons. The summed E-state index contributed by atoms with van der Waals surface area (Å²) in [7, 11) is -2.53. The fraction of sp³-hybridized carbons (Fsp3) is 0.500. The number of carbonyl (C=O) groups is 1. The number of esters is 1. The second kappa shape index (κ2) is 9.58. The minimum atomic E-state index is -3.95. The minimum Gasteiger partial charge on any atom is -0.465 e. The molecule has 28 heavy (non-hydrogen) atoms. The van der Waals surface area contributed by atoms with E-state index in [1.54, 1.807) is 6.92 Å². The van der Waals surface area contributed by atoms with E-state index in [0.29, 0.717) is 25.0 Å². The van der Waals surface area contributed by atoms with Gasteiger partial charge in [-0.15, -0.1) is 0 Å². The van der Waals surface area contributed by atoms with Crippen molar-refractivity contribution in [3.05, 3.63) is 29.0 Å². The molecule has 1 aliphatic rings. The number of benzene rings is 1. The first-order chi connectivity index (χ1) is 13.2. The largest absolute Gasteiger partial charge is 0.465 e. The third-order valence-corrected chi connectivity index (χ3v) is 6.83. The molecular formula is C18H23ClFN3O4S. The number of hydrogen-bond donors (Lipinski definition) is 1. The Labute approximate surface area is 169 Å². The summed E-state index contributed by atoms with van der Waals surface area (Å²) in [6, 6.07) is 2.69. The van der Waals surface area contributed by atoms with Crippen LogP contribution in [-0.2, 0) is 19.6 Å². The lowest BCUT2D eigenvalue weighted by Gasteiger charge is -2.36. The Morgan fingerprint density at radius 1 is 1.50 bits per heavy atom. The Bertz CT molecular complexity index is 876. The average Bonchev–Trinajstić information content (AvgIpc) is 2.67. The summed E-state index contributed by atoms with van der Waals surface area (Å²) in [5, 5.41) is 7.50. The molecule has 0 heterocycles. The van der Waals surface area contributed by atoms with Crippen molar-refractivity contribution in [1.82, 2.24) is 4.31 Å². The molecule has 1 fully saturated rings. The van der Waals surface area contributed by atoms with E-state index in [-0.39, 0.29) is 23.1 Å². The van der Waals surface area contributed by atoms with Crippen LogP contribution >= 0.6 is 11.6 Å². The van der Waals surface area contributed by atoms with Crippen molar-refractivity contribution in [2.75, 3.05) is 20.2 Å². The molecule has 7 nitrogen and oxygen atoms in total. The lowest BCUT2D eigenvalue weighted by Crippen LogP contribution is -2.47. The first kappa shape index (κ1) is 22.4. The lowest BCUT2D eigenvalue weighted by atomic mass is 9.83. The molecule has 0 saturated heterocycles. The zero-order valence-electron chi connectivity index (χ0n) is 15.7. The van der Waals surface area contributed by atoms with E-state index in [9.17, 15) is 17.6 Å². The molecule has 1 aliphatic carbocycles. The van der Waals surface area contributed by atoms with Crippen LogP contribution in [0, 0.1) is 17.1 Å². The fourth-order valence-corrected chi connectivity index (χ4v) is 4.89. The van der Waals surface area contributed by atoms with Crippen molar-refractivity contribution < 1.29 is 22.3 Å². The molecule has 1 N–H and O–H groups in total. The van der Waals surface area contributed by atoms with Crippen LogP contribution in [-0.4, -0.2) is 56.9 Å². The Balaban J connectivity index is 2.28. The van der Waals surface area contributed by atoms with Gasteiger partial charge in [-0.05, 0) is 44.4 Å². The van der Waals surface area contributed by atoms with Gasteiger partial charge in [-0.2, -0.15) is 4.31 Å². The number of rotatable bonds is 7. The van der Waals surface area contributed by atoms with E-state index in [1.807, 2.05) is 0 Å². The third kappa shape index (κ3) is 4.95. The van der Waals surface area contributed by atoms with Gasteiger partial charge in [0, 0.05) is 30.9 Å². The molecule has 154 valence electrons. The summed E-state index contributed by atoms with van der Waals surface area (Å²) in [5.41, 5.74) is 0.596. The Morgan fingerprint density at radius 3 is 2.82 bits per heavy atom. The number of hydrogen-bond acceptors (Lipinski definition) is 6. The number of carbonyl (C=O) groups excluding carboxylic acids is 1. The molecule has 0 amide bonds. The Hall–Kier alpha value is -1.84. The topological polar surface area (TPSA) is 99.9 Å². The van der Waals surface area contributed by atoms with Crippen LogP contribution in [0.2, 0.25) is 5.02 Å². The third-order valence-electron chi connectivity index (χ3n) is 4.66. The molecule has 1 aromatic rings. The number of nitrogens with one attached hydrogen (secondary N) is 1. The van der Waals surface area contributed by atoms with Crippen molar-refractivity contribution >= 4 is 39.5 Å². The SMILES string of the molecule is CCOC(=O)CN=C1CCCC(N(C)S(=O)(=O)c2ccc(F)c(Cl)c2)C1C=N. The highest BCUT2D eigenvalue weighted by Gasteiger charge is 2.37. The van der Waals surface area contributed by atoms with Crippen LogP contribution in [0.3, 0.4) is 0 Å². The summed E-state index contributed by atoms with van der Waals surface area (Å²) in [6.07, 6.45) is 2.92. The highest BCUT2D eigenvalue weighted by atomic mass is 35.5. The fourth-order valence-electron chi connectivity index (χ4n) is 3.21. The van der Waals surface area contributed by atoms with Gasteiger partial charge in [0.15, 0.2) is 0 Å². The maximum atomic E-state index is 13.4. The average molecular weight is 432 g/mol. The summed E-state index contributed by atoms with van der Waals surface area (Å²) in [6.45, 7) is 1.79. The van der Waals surface area contributed by atoms with Gasteiger partial charge in [-0.1, -0.05) is 11.6 Å². The van der Waals surface area contributed by atoms with Crippen LogP contribution in [0.15, 0.2) is 28.1 Å². The number of halogens is 2. The summed E-state index contributed by atoms with van der Waals surface area (Å²) in [4.78, 5) is 15.7. The van der Waals surface area contributed by atoms with Crippen LogP contribution in [0.4, 0.5) is 4.39 Å². The molecule has 2 unspecified atom stereocenters. The van der Waals surface area contributed by atoms with Gasteiger partial charge in [-0.25, -0.2) is 12.8 Å². The van der Waals surface area contributed by atoms with Gasteiger partial charge in [0.05, 0.1) is 16.5 Å². The molecule has 10 heteroatoms. The molecule has 0 spiro atoms. The number of sulfonamides is 1. The second-order valence-corrected chi connectivity index (χ2v) is 8.77. The van der Waals surface area contributed by atoms with E-state index >= 15 is 0 Å². The second-order valence-electron chi connectivity index (χ2n) is 6.36. The van der Waals surface area contributed by atoms with E-state index in [0.717, 1.165) is 24.4 Å². The Kier molecular flexibility index (Phi) is 7.68.